The van der Waals surface area contributed by atoms with Crippen molar-refractivity contribution in [3.8, 4) is 22.8 Å². The van der Waals surface area contributed by atoms with E-state index in [1.54, 1.807) is 38.1 Å². The Labute approximate surface area is 217 Å². The summed E-state index contributed by atoms with van der Waals surface area (Å²) in [6.45, 7) is 3.20. The van der Waals surface area contributed by atoms with Gasteiger partial charge in [-0.1, -0.05) is 0 Å². The lowest BCUT2D eigenvalue weighted by Crippen LogP contribution is -2.29. The number of carbonyl (C=O) groups is 1. The smallest absolute Gasteiger partial charge is 0.267 e. The summed E-state index contributed by atoms with van der Waals surface area (Å²) >= 11 is 0. The van der Waals surface area contributed by atoms with Gasteiger partial charge in [0.05, 0.1) is 10.6 Å². The summed E-state index contributed by atoms with van der Waals surface area (Å²) < 4.78 is 39.6. The van der Waals surface area contributed by atoms with Crippen LogP contribution in [0.2, 0.25) is 0 Å². The van der Waals surface area contributed by atoms with Crippen molar-refractivity contribution in [2.75, 3.05) is 16.8 Å². The van der Waals surface area contributed by atoms with Gasteiger partial charge in [0.25, 0.3) is 15.6 Å². The first-order valence-corrected chi connectivity index (χ1v) is 12.9. The van der Waals surface area contributed by atoms with Crippen LogP contribution in [-0.2, 0) is 21.4 Å². The van der Waals surface area contributed by atoms with Gasteiger partial charge in [0.1, 0.15) is 18.2 Å². The molecule has 5 rings (SSSR count). The number of sulfonamides is 1. The van der Waals surface area contributed by atoms with E-state index in [-0.39, 0.29) is 24.1 Å². The molecule has 4 aromatic rings. The lowest BCUT2D eigenvalue weighted by molar-refractivity contribution is -0.117. The number of anilines is 2. The molecule has 2 N–H and O–H groups in total. The summed E-state index contributed by atoms with van der Waals surface area (Å²) in [5.74, 6) is 1.28. The highest BCUT2D eigenvalue weighted by molar-refractivity contribution is 7.92. The van der Waals surface area contributed by atoms with Crippen LogP contribution in [0.1, 0.15) is 11.5 Å². The van der Waals surface area contributed by atoms with Gasteiger partial charge in [-0.2, -0.15) is 5.10 Å². The van der Waals surface area contributed by atoms with E-state index in [2.05, 4.69) is 25.1 Å². The maximum absolute atomic E-state index is 12.7. The summed E-state index contributed by atoms with van der Waals surface area (Å²) in [6.07, 6.45) is 0. The predicted molar refractivity (Wildman–Crippen MR) is 137 cm³/mol. The van der Waals surface area contributed by atoms with Gasteiger partial charge in [0, 0.05) is 29.1 Å². The number of aryl methyl sites for hydroxylation is 2. The number of hydrogen-bond acceptors (Lipinski definition) is 9. The summed E-state index contributed by atoms with van der Waals surface area (Å²) in [6, 6.07) is 15.3. The Morgan fingerprint density at radius 2 is 1.74 bits per heavy atom. The van der Waals surface area contributed by atoms with Crippen molar-refractivity contribution in [2.45, 2.75) is 25.3 Å². The maximum atomic E-state index is 12.7. The molecule has 2 aromatic carbocycles. The van der Waals surface area contributed by atoms with Crippen LogP contribution in [0, 0.1) is 13.8 Å². The third kappa shape index (κ3) is 5.47. The molecule has 0 spiro atoms. The fourth-order valence-corrected chi connectivity index (χ4v) is 4.78. The van der Waals surface area contributed by atoms with Crippen molar-refractivity contribution in [2.24, 2.45) is 0 Å². The second-order valence-corrected chi connectivity index (χ2v) is 10.1. The lowest BCUT2D eigenvalue weighted by atomic mass is 10.1. The maximum Gasteiger partial charge on any atom is 0.267 e. The van der Waals surface area contributed by atoms with Crippen molar-refractivity contribution in [3.05, 3.63) is 82.5 Å². The Balaban J connectivity index is 1.26. The molecule has 0 fully saturated rings. The molecule has 38 heavy (non-hydrogen) atoms. The zero-order valence-corrected chi connectivity index (χ0v) is 21.2. The standard InChI is InChI=1S/C25H22N6O6S/c1-15-11-23(27-16(2)26-15)30-38(34,35)19-6-4-18(5-7-19)28-24(32)13-31-25(33)10-8-20(29-31)17-3-9-21-22(12-17)37-14-36-21/h3-12H,13-14H2,1-2H3,(H,28,32)(H,26,27,30). The third-order valence-corrected chi connectivity index (χ3v) is 6.85. The first kappa shape index (κ1) is 24.9. The summed E-state index contributed by atoms with van der Waals surface area (Å²) in [4.78, 5) is 33.1. The number of nitrogens with one attached hydrogen (secondary N) is 2. The third-order valence-electron chi connectivity index (χ3n) is 5.48. The minimum absolute atomic E-state index is 0.0151. The number of amides is 1. The van der Waals surface area contributed by atoms with Crippen LogP contribution in [0.25, 0.3) is 11.3 Å². The van der Waals surface area contributed by atoms with Gasteiger partial charge in [0.2, 0.25) is 12.7 Å². The highest BCUT2D eigenvalue weighted by atomic mass is 32.2. The Morgan fingerprint density at radius 3 is 2.50 bits per heavy atom. The molecule has 2 aromatic heterocycles. The molecule has 1 aliphatic rings. The van der Waals surface area contributed by atoms with Gasteiger partial charge in [0.15, 0.2) is 11.5 Å². The van der Waals surface area contributed by atoms with Gasteiger partial charge in [-0.25, -0.2) is 23.1 Å². The highest BCUT2D eigenvalue weighted by Crippen LogP contribution is 2.35. The van der Waals surface area contributed by atoms with Crippen LogP contribution in [0.5, 0.6) is 11.5 Å². The Hall–Kier alpha value is -4.78. The predicted octanol–water partition coefficient (Wildman–Crippen LogP) is 2.49. The van der Waals surface area contributed by atoms with E-state index in [1.807, 2.05) is 0 Å². The molecule has 12 nitrogen and oxygen atoms in total. The topological polar surface area (TPSA) is 154 Å². The quantitative estimate of drug-likeness (QED) is 0.364. The zero-order valence-electron chi connectivity index (χ0n) is 20.3. The van der Waals surface area contributed by atoms with Crippen LogP contribution in [0.3, 0.4) is 0 Å². The zero-order chi connectivity index (χ0) is 26.9. The number of nitrogens with zero attached hydrogens (tertiary/aromatic N) is 4. The molecule has 0 atom stereocenters. The molecular formula is C25H22N6O6S. The van der Waals surface area contributed by atoms with E-state index in [1.165, 1.54) is 36.4 Å². The number of rotatable bonds is 7. The van der Waals surface area contributed by atoms with Crippen LogP contribution in [0.15, 0.2) is 70.4 Å². The number of benzene rings is 2. The molecular weight excluding hydrogens is 512 g/mol. The molecule has 0 radical (unpaired) electrons. The van der Waals surface area contributed by atoms with Crippen LogP contribution >= 0.6 is 0 Å². The van der Waals surface area contributed by atoms with Crippen molar-refractivity contribution in [3.63, 3.8) is 0 Å². The van der Waals surface area contributed by atoms with Crippen molar-refractivity contribution in [1.82, 2.24) is 19.7 Å². The highest BCUT2D eigenvalue weighted by Gasteiger charge is 2.17. The number of aromatic nitrogens is 4. The minimum Gasteiger partial charge on any atom is -0.454 e. The van der Waals surface area contributed by atoms with E-state index in [4.69, 9.17) is 9.47 Å². The normalized spacial score (nSPS) is 12.3. The molecule has 1 aliphatic heterocycles. The van der Waals surface area contributed by atoms with Crippen molar-refractivity contribution < 1.29 is 22.7 Å². The average molecular weight is 535 g/mol. The molecule has 1 amide bonds. The van der Waals surface area contributed by atoms with E-state index in [0.717, 1.165) is 4.68 Å². The van der Waals surface area contributed by atoms with Gasteiger partial charge in [-0.3, -0.25) is 14.3 Å². The summed E-state index contributed by atoms with van der Waals surface area (Å²) in [7, 11) is -3.91. The second kappa shape index (κ2) is 9.94. The largest absolute Gasteiger partial charge is 0.454 e. The first-order valence-electron chi connectivity index (χ1n) is 11.4. The van der Waals surface area contributed by atoms with E-state index >= 15 is 0 Å². The molecule has 3 heterocycles. The van der Waals surface area contributed by atoms with Crippen molar-refractivity contribution >= 4 is 27.4 Å². The van der Waals surface area contributed by atoms with Gasteiger partial charge >= 0.3 is 0 Å². The number of hydrogen-bond donors (Lipinski definition) is 2. The molecule has 0 unspecified atom stereocenters. The number of fused-ring (bicyclic) bond motifs is 1. The van der Waals surface area contributed by atoms with Crippen molar-refractivity contribution in [1.29, 1.82) is 0 Å². The average Bonchev–Trinajstić information content (AvgIpc) is 3.33. The van der Waals surface area contributed by atoms with Gasteiger partial charge < -0.3 is 14.8 Å². The molecule has 0 saturated carbocycles. The molecule has 0 bridgehead atoms. The summed E-state index contributed by atoms with van der Waals surface area (Å²) in [5, 5.41) is 6.94. The Kier molecular flexibility index (Phi) is 6.51. The second-order valence-electron chi connectivity index (χ2n) is 8.40. The Morgan fingerprint density at radius 1 is 0.974 bits per heavy atom. The van der Waals surface area contributed by atoms with Crippen LogP contribution in [-0.4, -0.2) is 40.9 Å². The number of carbonyl (C=O) groups excluding carboxylic acids is 1. The van der Waals surface area contributed by atoms with E-state index < -0.39 is 21.5 Å². The van der Waals surface area contributed by atoms with Crippen LogP contribution in [0.4, 0.5) is 11.5 Å². The molecule has 0 aliphatic carbocycles. The van der Waals surface area contributed by atoms with E-state index in [0.29, 0.717) is 40.0 Å². The summed E-state index contributed by atoms with van der Waals surface area (Å²) in [5.41, 5.74) is 1.70. The first-order chi connectivity index (χ1) is 18.2. The fraction of sp³-hybridized carbons (Fsp3) is 0.160. The van der Waals surface area contributed by atoms with Crippen LogP contribution < -0.4 is 25.1 Å². The number of ether oxygens (including phenoxy) is 2. The lowest BCUT2D eigenvalue weighted by Gasteiger charge is -2.11. The van der Waals surface area contributed by atoms with Gasteiger partial charge in [-0.05, 0) is 62.4 Å². The van der Waals surface area contributed by atoms with Gasteiger partial charge in [-0.15, -0.1) is 0 Å². The minimum atomic E-state index is -3.91. The Bertz CT molecular complexity index is 1680. The molecule has 13 heteroatoms. The molecule has 194 valence electrons. The molecule has 0 saturated heterocycles. The van der Waals surface area contributed by atoms with E-state index in [9.17, 15) is 18.0 Å². The SMILES string of the molecule is Cc1cc(NS(=O)(=O)c2ccc(NC(=O)Cn3nc(-c4ccc5c(c4)OCO5)ccc3=O)cc2)nc(C)n1. The fourth-order valence-electron chi connectivity index (χ4n) is 3.79. The monoisotopic (exact) mass is 534 g/mol.